The predicted molar refractivity (Wildman–Crippen MR) is 67.9 cm³/mol. The Kier molecular flexibility index (Phi) is 4.02. The summed E-state index contributed by atoms with van der Waals surface area (Å²) >= 11 is 0. The number of rotatable bonds is 5. The summed E-state index contributed by atoms with van der Waals surface area (Å²) in [6, 6.07) is 11.4. The third-order valence-electron chi connectivity index (χ3n) is 2.40. The fraction of sp³-hybridized carbons (Fsp3) is 0.214. The molecule has 2 rings (SSSR count). The molecule has 0 atom stereocenters. The van der Waals surface area contributed by atoms with Gasteiger partial charge in [0.15, 0.2) is 6.61 Å². The van der Waals surface area contributed by atoms with Gasteiger partial charge in [0, 0.05) is 12.4 Å². The van der Waals surface area contributed by atoms with Crippen molar-refractivity contribution in [3.05, 3.63) is 48.8 Å². The van der Waals surface area contributed by atoms with Gasteiger partial charge in [-0.25, -0.2) is 4.79 Å². The molecule has 0 saturated carbocycles. The molecule has 0 saturated heterocycles. The second-order valence-electron chi connectivity index (χ2n) is 3.65. The number of carbonyl (C=O) groups excluding carboxylic acids is 1. The Bertz CT molecular complexity index is 506. The highest BCUT2D eigenvalue weighted by Gasteiger charge is 2.07. The molecule has 0 fully saturated rings. The van der Waals surface area contributed by atoms with E-state index >= 15 is 0 Å². The normalized spacial score (nSPS) is 10.1. The summed E-state index contributed by atoms with van der Waals surface area (Å²) in [4.78, 5) is 11.3. The SMILES string of the molecule is CCOC(=O)COc1ccccc1-n1cccc1. The molecule has 2 aromatic rings. The molecule has 0 radical (unpaired) electrons. The van der Waals surface area contributed by atoms with Crippen LogP contribution in [0.2, 0.25) is 0 Å². The summed E-state index contributed by atoms with van der Waals surface area (Å²) in [5.74, 6) is 0.293. The molecule has 0 bridgehead atoms. The molecule has 4 nitrogen and oxygen atoms in total. The number of esters is 1. The Balaban J connectivity index is 2.11. The molecule has 18 heavy (non-hydrogen) atoms. The minimum atomic E-state index is -0.361. The van der Waals surface area contributed by atoms with Crippen molar-refractivity contribution >= 4 is 5.97 Å². The highest BCUT2D eigenvalue weighted by atomic mass is 16.6. The van der Waals surface area contributed by atoms with Crippen molar-refractivity contribution in [2.45, 2.75) is 6.92 Å². The van der Waals surface area contributed by atoms with Gasteiger partial charge in [-0.2, -0.15) is 0 Å². The van der Waals surface area contributed by atoms with Crippen LogP contribution in [0.25, 0.3) is 5.69 Å². The van der Waals surface area contributed by atoms with Crippen molar-refractivity contribution in [1.82, 2.24) is 4.57 Å². The van der Waals surface area contributed by atoms with Gasteiger partial charge >= 0.3 is 5.97 Å². The number of carbonyl (C=O) groups is 1. The number of hydrogen-bond acceptors (Lipinski definition) is 3. The fourth-order valence-corrected chi connectivity index (χ4v) is 1.63. The fourth-order valence-electron chi connectivity index (χ4n) is 1.63. The second kappa shape index (κ2) is 5.91. The molecule has 94 valence electrons. The van der Waals surface area contributed by atoms with Crippen LogP contribution in [0.3, 0.4) is 0 Å². The van der Waals surface area contributed by atoms with E-state index in [0.29, 0.717) is 12.4 Å². The minimum absolute atomic E-state index is 0.0773. The van der Waals surface area contributed by atoms with Crippen molar-refractivity contribution in [2.24, 2.45) is 0 Å². The van der Waals surface area contributed by atoms with Gasteiger partial charge in [0.05, 0.1) is 12.3 Å². The van der Waals surface area contributed by atoms with E-state index in [0.717, 1.165) is 5.69 Å². The van der Waals surface area contributed by atoms with Gasteiger partial charge in [-0.15, -0.1) is 0 Å². The van der Waals surface area contributed by atoms with Gasteiger partial charge in [-0.05, 0) is 31.2 Å². The van der Waals surface area contributed by atoms with Crippen LogP contribution in [0, 0.1) is 0 Å². The highest BCUT2D eigenvalue weighted by Crippen LogP contribution is 2.22. The first-order valence-corrected chi connectivity index (χ1v) is 5.82. The molecule has 0 aliphatic carbocycles. The van der Waals surface area contributed by atoms with Gasteiger partial charge in [0.25, 0.3) is 0 Å². The minimum Gasteiger partial charge on any atom is -0.480 e. The topological polar surface area (TPSA) is 40.5 Å². The van der Waals surface area contributed by atoms with Crippen molar-refractivity contribution in [1.29, 1.82) is 0 Å². The van der Waals surface area contributed by atoms with Gasteiger partial charge in [0.2, 0.25) is 0 Å². The maximum Gasteiger partial charge on any atom is 0.344 e. The van der Waals surface area contributed by atoms with E-state index in [2.05, 4.69) is 0 Å². The van der Waals surface area contributed by atoms with E-state index in [1.807, 2.05) is 53.4 Å². The lowest BCUT2D eigenvalue weighted by molar-refractivity contribution is -0.145. The largest absolute Gasteiger partial charge is 0.480 e. The van der Waals surface area contributed by atoms with Gasteiger partial charge in [-0.3, -0.25) is 0 Å². The van der Waals surface area contributed by atoms with Gasteiger partial charge in [0.1, 0.15) is 5.75 Å². The van der Waals surface area contributed by atoms with Crippen LogP contribution in [0.15, 0.2) is 48.8 Å². The molecule has 0 aliphatic heterocycles. The van der Waals surface area contributed by atoms with E-state index in [9.17, 15) is 4.79 Å². The Morgan fingerprint density at radius 3 is 2.61 bits per heavy atom. The molecule has 0 unspecified atom stereocenters. The zero-order chi connectivity index (χ0) is 12.8. The molecular formula is C14H15NO3. The summed E-state index contributed by atoms with van der Waals surface area (Å²) in [6.07, 6.45) is 3.85. The molecule has 0 spiro atoms. The average molecular weight is 245 g/mol. The van der Waals surface area contributed by atoms with Crippen LogP contribution >= 0.6 is 0 Å². The first kappa shape index (κ1) is 12.2. The maximum atomic E-state index is 11.3. The van der Waals surface area contributed by atoms with Crippen LogP contribution < -0.4 is 4.74 Å². The molecule has 4 heteroatoms. The molecule has 0 aliphatic rings. The Morgan fingerprint density at radius 1 is 1.17 bits per heavy atom. The van der Waals surface area contributed by atoms with Gasteiger partial charge < -0.3 is 14.0 Å². The summed E-state index contributed by atoms with van der Waals surface area (Å²) in [6.45, 7) is 2.05. The monoisotopic (exact) mass is 245 g/mol. The number of nitrogens with zero attached hydrogens (tertiary/aromatic N) is 1. The van der Waals surface area contributed by atoms with Crippen LogP contribution in [0.5, 0.6) is 5.75 Å². The maximum absolute atomic E-state index is 11.3. The number of hydrogen-bond donors (Lipinski definition) is 0. The van der Waals surface area contributed by atoms with Gasteiger partial charge in [-0.1, -0.05) is 12.1 Å². The lowest BCUT2D eigenvalue weighted by Crippen LogP contribution is -2.15. The van der Waals surface area contributed by atoms with Crippen LogP contribution in [0.4, 0.5) is 0 Å². The number of benzene rings is 1. The zero-order valence-corrected chi connectivity index (χ0v) is 10.2. The van der Waals surface area contributed by atoms with Crippen molar-refractivity contribution in [3.8, 4) is 11.4 Å². The lowest BCUT2D eigenvalue weighted by Gasteiger charge is -2.11. The van der Waals surface area contributed by atoms with E-state index < -0.39 is 0 Å². The van der Waals surface area contributed by atoms with E-state index in [1.54, 1.807) is 6.92 Å². The number of ether oxygens (including phenoxy) is 2. The quantitative estimate of drug-likeness (QED) is 0.759. The first-order chi connectivity index (χ1) is 8.81. The summed E-state index contributed by atoms with van der Waals surface area (Å²) in [5, 5.41) is 0. The van der Waals surface area contributed by atoms with Crippen molar-refractivity contribution in [3.63, 3.8) is 0 Å². The smallest absolute Gasteiger partial charge is 0.344 e. The molecule has 1 aromatic heterocycles. The molecule has 1 heterocycles. The lowest BCUT2D eigenvalue weighted by atomic mass is 10.3. The first-order valence-electron chi connectivity index (χ1n) is 5.82. The van der Waals surface area contributed by atoms with Crippen LogP contribution in [-0.4, -0.2) is 23.8 Å². The summed E-state index contributed by atoms with van der Waals surface area (Å²) < 4.78 is 12.2. The third-order valence-corrected chi connectivity index (χ3v) is 2.40. The number of aromatic nitrogens is 1. The predicted octanol–water partition coefficient (Wildman–Crippen LogP) is 2.42. The molecule has 0 amide bonds. The van der Waals surface area contributed by atoms with E-state index in [1.165, 1.54) is 0 Å². The third kappa shape index (κ3) is 2.91. The molecule has 1 aromatic carbocycles. The zero-order valence-electron chi connectivity index (χ0n) is 10.2. The summed E-state index contributed by atoms with van der Waals surface area (Å²) in [5.41, 5.74) is 0.895. The Labute approximate surface area is 106 Å². The standard InChI is InChI=1S/C14H15NO3/c1-2-17-14(16)11-18-13-8-4-3-7-12(13)15-9-5-6-10-15/h3-10H,2,11H2,1H3. The van der Waals surface area contributed by atoms with Crippen LogP contribution in [0.1, 0.15) is 6.92 Å². The number of para-hydroxylation sites is 2. The van der Waals surface area contributed by atoms with Crippen LogP contribution in [-0.2, 0) is 9.53 Å². The molecule has 0 N–H and O–H groups in total. The van der Waals surface area contributed by atoms with E-state index in [4.69, 9.17) is 9.47 Å². The van der Waals surface area contributed by atoms with E-state index in [-0.39, 0.29) is 12.6 Å². The van der Waals surface area contributed by atoms with Crippen molar-refractivity contribution < 1.29 is 14.3 Å². The Morgan fingerprint density at radius 2 is 1.89 bits per heavy atom. The second-order valence-corrected chi connectivity index (χ2v) is 3.65. The summed E-state index contributed by atoms with van der Waals surface area (Å²) in [7, 11) is 0. The highest BCUT2D eigenvalue weighted by molar-refractivity contribution is 5.71. The Hall–Kier alpha value is -2.23. The average Bonchev–Trinajstić information content (AvgIpc) is 2.91. The van der Waals surface area contributed by atoms with Crippen molar-refractivity contribution in [2.75, 3.05) is 13.2 Å². The molecular weight excluding hydrogens is 230 g/mol.